The molecule has 0 aliphatic carbocycles. The van der Waals surface area contributed by atoms with Crippen LogP contribution in [0, 0.1) is 0 Å². The minimum atomic E-state index is -2.38. The van der Waals surface area contributed by atoms with E-state index in [9.17, 15) is 4.80 Å². The summed E-state index contributed by atoms with van der Waals surface area (Å²) in [6, 6.07) is 0. The Kier molecular flexibility index (Phi) is 2.44. The van der Waals surface area contributed by atoms with E-state index < -0.39 is 8.32 Å². The molecule has 55 valence electrons. The van der Waals surface area contributed by atoms with Gasteiger partial charge in [-0.1, -0.05) is 13.8 Å². The van der Waals surface area contributed by atoms with Crippen LogP contribution in [0.3, 0.4) is 0 Å². The summed E-state index contributed by atoms with van der Waals surface area (Å²) in [6.07, 6.45) is 0. The second-order valence-corrected chi connectivity index (χ2v) is 7.93. The van der Waals surface area contributed by atoms with Gasteiger partial charge in [-0.3, -0.25) is 4.80 Å². The zero-order chi connectivity index (χ0) is 7.71. The summed E-state index contributed by atoms with van der Waals surface area (Å²) in [5.74, 6) is 0. The first-order valence-electron chi connectivity index (χ1n) is 3.12. The number of aliphatic hydroxyl groups is 1. The molecule has 1 radical (unpaired) electrons. The molecule has 0 unspecified atom stereocenters. The van der Waals surface area contributed by atoms with Crippen molar-refractivity contribution >= 4 is 8.32 Å². The number of aliphatic hydroxyl groups excluding tert-OH is 1. The standard InChI is InChI=1S/C6H15O2Si/c1-6(2,5-7)9(3,4)8/h7H,5H2,1-4H3. The molecule has 0 aliphatic rings. The van der Waals surface area contributed by atoms with Crippen LogP contribution in [0.4, 0.5) is 0 Å². The topological polar surface area (TPSA) is 40.1 Å². The van der Waals surface area contributed by atoms with Gasteiger partial charge in [-0.25, -0.2) is 0 Å². The van der Waals surface area contributed by atoms with E-state index in [1.807, 2.05) is 13.8 Å². The Morgan fingerprint density at radius 3 is 1.78 bits per heavy atom. The summed E-state index contributed by atoms with van der Waals surface area (Å²) >= 11 is 0. The minimum absolute atomic E-state index is 0.00965. The molecule has 2 nitrogen and oxygen atoms in total. The van der Waals surface area contributed by atoms with Crippen molar-refractivity contribution in [3.8, 4) is 0 Å². The summed E-state index contributed by atoms with van der Waals surface area (Å²) in [6.45, 7) is 7.11. The van der Waals surface area contributed by atoms with E-state index in [2.05, 4.69) is 0 Å². The van der Waals surface area contributed by atoms with Gasteiger partial charge in [0.1, 0.15) is 0 Å². The van der Waals surface area contributed by atoms with Gasteiger partial charge < -0.3 is 5.11 Å². The predicted octanol–water partition coefficient (Wildman–Crippen LogP) is 1.39. The monoisotopic (exact) mass is 147 g/mol. The summed E-state index contributed by atoms with van der Waals surface area (Å²) in [4.78, 5) is 11.3. The van der Waals surface area contributed by atoms with Gasteiger partial charge in [0.2, 0.25) is 8.32 Å². The van der Waals surface area contributed by atoms with Crippen molar-refractivity contribution in [2.45, 2.75) is 32.0 Å². The van der Waals surface area contributed by atoms with Gasteiger partial charge in [-0.2, -0.15) is 0 Å². The van der Waals surface area contributed by atoms with Gasteiger partial charge in [-0.15, -0.1) is 0 Å². The highest BCUT2D eigenvalue weighted by atomic mass is 28.4. The van der Waals surface area contributed by atoms with E-state index in [1.165, 1.54) is 0 Å². The lowest BCUT2D eigenvalue weighted by atomic mass is 10.2. The fraction of sp³-hybridized carbons (Fsp3) is 1.00. The Labute approximate surface area is 57.7 Å². The quantitative estimate of drug-likeness (QED) is 0.589. The molecule has 0 rings (SSSR count). The largest absolute Gasteiger partial charge is 0.396 e. The molecule has 0 aromatic carbocycles. The Morgan fingerprint density at radius 1 is 1.44 bits per heavy atom. The molecular weight excluding hydrogens is 132 g/mol. The molecule has 0 saturated carbocycles. The van der Waals surface area contributed by atoms with Crippen LogP contribution in [-0.2, 0) is 4.80 Å². The SMILES string of the molecule is CC(C)(CO)[Si](C)(C)[O]. The van der Waals surface area contributed by atoms with Gasteiger partial charge >= 0.3 is 0 Å². The lowest BCUT2D eigenvalue weighted by Crippen LogP contribution is -2.39. The number of hydrogen-bond donors (Lipinski definition) is 1. The van der Waals surface area contributed by atoms with E-state index in [0.717, 1.165) is 0 Å². The average Bonchev–Trinajstić information content (AvgIpc) is 1.64. The average molecular weight is 147 g/mol. The minimum Gasteiger partial charge on any atom is -0.396 e. The van der Waals surface area contributed by atoms with Gasteiger partial charge in [0.05, 0.1) is 0 Å². The molecule has 1 N–H and O–H groups in total. The van der Waals surface area contributed by atoms with Crippen molar-refractivity contribution in [1.82, 2.24) is 0 Å². The van der Waals surface area contributed by atoms with Crippen LogP contribution in [0.1, 0.15) is 13.8 Å². The first-order valence-corrected chi connectivity index (χ1v) is 6.03. The van der Waals surface area contributed by atoms with Crippen molar-refractivity contribution in [2.75, 3.05) is 6.61 Å². The third-order valence-electron chi connectivity index (χ3n) is 2.03. The van der Waals surface area contributed by atoms with E-state index in [0.29, 0.717) is 0 Å². The van der Waals surface area contributed by atoms with E-state index in [1.54, 1.807) is 13.1 Å². The predicted molar refractivity (Wildman–Crippen MR) is 39.3 cm³/mol. The number of rotatable bonds is 2. The van der Waals surface area contributed by atoms with E-state index >= 15 is 0 Å². The molecule has 0 aromatic heterocycles. The second-order valence-electron chi connectivity index (χ2n) is 3.55. The molecule has 0 heterocycles. The maximum atomic E-state index is 11.3. The molecule has 0 amide bonds. The zero-order valence-electron chi connectivity index (χ0n) is 6.56. The van der Waals surface area contributed by atoms with Gasteiger partial charge in [0.25, 0.3) is 0 Å². The third-order valence-corrected chi connectivity index (χ3v) is 5.44. The molecule has 0 aliphatic heterocycles. The summed E-state index contributed by atoms with van der Waals surface area (Å²) in [5.41, 5.74) is 0. The smallest absolute Gasteiger partial charge is 0.239 e. The van der Waals surface area contributed by atoms with E-state index in [4.69, 9.17) is 5.11 Å². The van der Waals surface area contributed by atoms with Crippen LogP contribution >= 0.6 is 0 Å². The summed E-state index contributed by atoms with van der Waals surface area (Å²) < 4.78 is 0. The van der Waals surface area contributed by atoms with Crippen LogP contribution in [-0.4, -0.2) is 20.0 Å². The van der Waals surface area contributed by atoms with Crippen LogP contribution < -0.4 is 0 Å². The third kappa shape index (κ3) is 2.08. The van der Waals surface area contributed by atoms with Crippen LogP contribution in [0.2, 0.25) is 18.1 Å². The molecule has 0 spiro atoms. The Hall–Kier alpha value is 0.137. The molecule has 0 aromatic rings. The van der Waals surface area contributed by atoms with Crippen molar-refractivity contribution in [3.05, 3.63) is 0 Å². The summed E-state index contributed by atoms with van der Waals surface area (Å²) in [5, 5.41) is 8.38. The molecule has 0 atom stereocenters. The Balaban J connectivity index is 4.14. The van der Waals surface area contributed by atoms with Crippen LogP contribution in [0.5, 0.6) is 0 Å². The lowest BCUT2D eigenvalue weighted by molar-refractivity contribution is 0.230. The zero-order valence-corrected chi connectivity index (χ0v) is 7.56. The second kappa shape index (κ2) is 2.40. The fourth-order valence-corrected chi connectivity index (χ4v) is 0.571. The fourth-order valence-electron chi connectivity index (χ4n) is 0.190. The highest BCUT2D eigenvalue weighted by Gasteiger charge is 2.39. The van der Waals surface area contributed by atoms with Crippen molar-refractivity contribution in [1.29, 1.82) is 0 Å². The van der Waals surface area contributed by atoms with Crippen LogP contribution in [0.15, 0.2) is 0 Å². The van der Waals surface area contributed by atoms with Gasteiger partial charge in [-0.05, 0) is 13.1 Å². The van der Waals surface area contributed by atoms with Gasteiger partial charge in [0, 0.05) is 11.6 Å². The first kappa shape index (κ1) is 9.14. The Morgan fingerprint density at radius 2 is 1.78 bits per heavy atom. The number of hydrogen-bond acceptors (Lipinski definition) is 1. The maximum Gasteiger partial charge on any atom is 0.239 e. The van der Waals surface area contributed by atoms with Gasteiger partial charge in [0.15, 0.2) is 0 Å². The molecule has 9 heavy (non-hydrogen) atoms. The Bertz CT molecular complexity index is 93.7. The molecular formula is C6H15O2Si. The van der Waals surface area contributed by atoms with Crippen molar-refractivity contribution in [3.63, 3.8) is 0 Å². The molecule has 0 fully saturated rings. The maximum absolute atomic E-state index is 11.3. The highest BCUT2D eigenvalue weighted by molar-refractivity contribution is 6.72. The molecule has 3 heteroatoms. The van der Waals surface area contributed by atoms with Crippen molar-refractivity contribution in [2.24, 2.45) is 0 Å². The first-order chi connectivity index (χ1) is 3.81. The lowest BCUT2D eigenvalue weighted by Gasteiger charge is -2.30. The summed E-state index contributed by atoms with van der Waals surface area (Å²) in [7, 11) is -2.38. The van der Waals surface area contributed by atoms with Crippen molar-refractivity contribution < 1.29 is 9.90 Å². The normalized spacial score (nSPS) is 14.0. The van der Waals surface area contributed by atoms with Crippen LogP contribution in [0.25, 0.3) is 0 Å². The highest BCUT2D eigenvalue weighted by Crippen LogP contribution is 2.33. The molecule has 0 saturated heterocycles. The van der Waals surface area contributed by atoms with E-state index in [-0.39, 0.29) is 11.6 Å². The molecule has 0 bridgehead atoms.